The van der Waals surface area contributed by atoms with Crippen molar-refractivity contribution in [3.05, 3.63) is 11.9 Å². The van der Waals surface area contributed by atoms with Crippen LogP contribution in [0.1, 0.15) is 25.0 Å². The summed E-state index contributed by atoms with van der Waals surface area (Å²) < 4.78 is 1.76. The van der Waals surface area contributed by atoms with Crippen LogP contribution >= 0.6 is 0 Å². The summed E-state index contributed by atoms with van der Waals surface area (Å²) in [4.78, 5) is 2.46. The molecule has 1 saturated heterocycles. The summed E-state index contributed by atoms with van der Waals surface area (Å²) in [6.45, 7) is 4.10. The van der Waals surface area contributed by atoms with E-state index in [4.69, 9.17) is 5.73 Å². The van der Waals surface area contributed by atoms with Crippen LogP contribution in [-0.4, -0.2) is 39.5 Å². The molecule has 0 unspecified atom stereocenters. The Balaban J connectivity index is 1.77. The summed E-state index contributed by atoms with van der Waals surface area (Å²) in [5.74, 6) is 0.836. The van der Waals surface area contributed by atoms with E-state index in [2.05, 4.69) is 15.2 Å². The quantitative estimate of drug-likeness (QED) is 0.801. The smallest absolute Gasteiger partial charge is 0.0966 e. The van der Waals surface area contributed by atoms with Gasteiger partial charge in [0, 0.05) is 19.8 Å². The summed E-state index contributed by atoms with van der Waals surface area (Å²) in [6, 6.07) is 0. The molecule has 1 aromatic rings. The van der Waals surface area contributed by atoms with E-state index < -0.39 is 0 Å². The summed E-state index contributed by atoms with van der Waals surface area (Å²) in [6.07, 6.45) is 5.72. The third kappa shape index (κ3) is 3.02. The summed E-state index contributed by atoms with van der Waals surface area (Å²) in [5.41, 5.74) is 6.65. The van der Waals surface area contributed by atoms with Gasteiger partial charge < -0.3 is 5.73 Å². The van der Waals surface area contributed by atoms with Crippen LogP contribution in [0, 0.1) is 5.92 Å². The zero-order valence-electron chi connectivity index (χ0n) is 9.97. The van der Waals surface area contributed by atoms with E-state index in [0.717, 1.165) is 24.7 Å². The number of nitrogens with two attached hydrogens (primary N) is 1. The van der Waals surface area contributed by atoms with E-state index >= 15 is 0 Å². The van der Waals surface area contributed by atoms with Crippen LogP contribution in [0.2, 0.25) is 0 Å². The van der Waals surface area contributed by atoms with E-state index in [-0.39, 0.29) is 0 Å². The number of aryl methyl sites for hydroxylation is 1. The first-order valence-corrected chi connectivity index (χ1v) is 6.05. The zero-order chi connectivity index (χ0) is 11.4. The van der Waals surface area contributed by atoms with Gasteiger partial charge in [0.25, 0.3) is 0 Å². The Hall–Kier alpha value is -0.940. The molecule has 0 radical (unpaired) electrons. The summed E-state index contributed by atoms with van der Waals surface area (Å²) in [5, 5.41) is 8.07. The van der Waals surface area contributed by atoms with E-state index in [1.54, 1.807) is 4.68 Å². The van der Waals surface area contributed by atoms with Crippen LogP contribution < -0.4 is 5.73 Å². The maximum atomic E-state index is 5.59. The summed E-state index contributed by atoms with van der Waals surface area (Å²) >= 11 is 0. The van der Waals surface area contributed by atoms with E-state index in [1.165, 1.54) is 32.4 Å². The predicted octanol–water partition coefficient (Wildman–Crippen LogP) is 0.376. The van der Waals surface area contributed by atoms with Gasteiger partial charge in [0.2, 0.25) is 0 Å². The third-order valence-corrected chi connectivity index (χ3v) is 3.32. The van der Waals surface area contributed by atoms with Crippen molar-refractivity contribution >= 4 is 0 Å². The van der Waals surface area contributed by atoms with Gasteiger partial charge >= 0.3 is 0 Å². The molecule has 5 nitrogen and oxygen atoms in total. The fraction of sp³-hybridized carbons (Fsp3) is 0.818. The lowest BCUT2D eigenvalue weighted by Crippen LogP contribution is -2.33. The van der Waals surface area contributed by atoms with Gasteiger partial charge in [-0.25, -0.2) is 0 Å². The van der Waals surface area contributed by atoms with Crippen molar-refractivity contribution < 1.29 is 0 Å². The Kier molecular flexibility index (Phi) is 3.90. The Morgan fingerprint density at radius 1 is 1.44 bits per heavy atom. The van der Waals surface area contributed by atoms with Crippen LogP contribution in [-0.2, 0) is 13.6 Å². The van der Waals surface area contributed by atoms with Gasteiger partial charge in [-0.2, -0.15) is 0 Å². The second-order valence-corrected chi connectivity index (χ2v) is 4.68. The number of nitrogens with zero attached hydrogens (tertiary/aromatic N) is 4. The first-order chi connectivity index (χ1) is 7.78. The predicted molar refractivity (Wildman–Crippen MR) is 62.7 cm³/mol. The van der Waals surface area contributed by atoms with Crippen LogP contribution in [0.25, 0.3) is 0 Å². The van der Waals surface area contributed by atoms with Crippen molar-refractivity contribution in [2.45, 2.75) is 25.8 Å². The molecule has 0 amide bonds. The van der Waals surface area contributed by atoms with E-state index in [9.17, 15) is 0 Å². The largest absolute Gasteiger partial charge is 0.330 e. The lowest BCUT2D eigenvalue weighted by molar-refractivity contribution is 0.172. The SMILES string of the molecule is Cn1cc(CN2CCC(CCN)CC2)nn1. The highest BCUT2D eigenvalue weighted by molar-refractivity contribution is 4.92. The molecule has 16 heavy (non-hydrogen) atoms. The molecule has 90 valence electrons. The lowest BCUT2D eigenvalue weighted by atomic mass is 9.93. The highest BCUT2D eigenvalue weighted by atomic mass is 15.4. The first-order valence-electron chi connectivity index (χ1n) is 6.05. The van der Waals surface area contributed by atoms with Crippen molar-refractivity contribution in [1.29, 1.82) is 0 Å². The third-order valence-electron chi connectivity index (χ3n) is 3.32. The fourth-order valence-electron chi connectivity index (χ4n) is 2.37. The zero-order valence-corrected chi connectivity index (χ0v) is 9.97. The second-order valence-electron chi connectivity index (χ2n) is 4.68. The molecule has 1 fully saturated rings. The molecular weight excluding hydrogens is 202 g/mol. The van der Waals surface area contributed by atoms with Gasteiger partial charge in [0.1, 0.15) is 0 Å². The van der Waals surface area contributed by atoms with E-state index in [1.807, 2.05) is 13.2 Å². The fourth-order valence-corrected chi connectivity index (χ4v) is 2.37. The summed E-state index contributed by atoms with van der Waals surface area (Å²) in [7, 11) is 1.91. The molecule has 0 aromatic carbocycles. The number of hydrogen-bond acceptors (Lipinski definition) is 4. The monoisotopic (exact) mass is 223 g/mol. The van der Waals surface area contributed by atoms with Crippen LogP contribution in [0.4, 0.5) is 0 Å². The van der Waals surface area contributed by atoms with Gasteiger partial charge in [-0.1, -0.05) is 5.21 Å². The Morgan fingerprint density at radius 3 is 2.75 bits per heavy atom. The number of piperidine rings is 1. The van der Waals surface area contributed by atoms with Crippen molar-refractivity contribution in [2.75, 3.05) is 19.6 Å². The molecule has 1 aromatic heterocycles. The Bertz CT molecular complexity index is 314. The Morgan fingerprint density at radius 2 is 2.19 bits per heavy atom. The molecule has 2 N–H and O–H groups in total. The number of hydrogen-bond donors (Lipinski definition) is 1. The molecule has 0 bridgehead atoms. The average molecular weight is 223 g/mol. The average Bonchev–Trinajstić information content (AvgIpc) is 2.67. The standard InChI is InChI=1S/C11H21N5/c1-15-8-11(13-14-15)9-16-6-3-10(2-5-12)4-7-16/h8,10H,2-7,9,12H2,1H3. The van der Waals surface area contributed by atoms with E-state index in [0.29, 0.717) is 0 Å². The molecule has 5 heteroatoms. The number of rotatable bonds is 4. The van der Waals surface area contributed by atoms with Gasteiger partial charge in [-0.05, 0) is 44.8 Å². The van der Waals surface area contributed by atoms with Gasteiger partial charge in [0.05, 0.1) is 5.69 Å². The van der Waals surface area contributed by atoms with Crippen molar-refractivity contribution in [1.82, 2.24) is 19.9 Å². The minimum atomic E-state index is 0.828. The van der Waals surface area contributed by atoms with Crippen molar-refractivity contribution in [2.24, 2.45) is 18.7 Å². The highest BCUT2D eigenvalue weighted by Crippen LogP contribution is 2.20. The highest BCUT2D eigenvalue weighted by Gasteiger charge is 2.19. The first kappa shape index (κ1) is 11.5. The number of aromatic nitrogens is 3. The van der Waals surface area contributed by atoms with Crippen LogP contribution in [0.15, 0.2) is 6.20 Å². The molecule has 2 rings (SSSR count). The molecular formula is C11H21N5. The molecule has 0 atom stereocenters. The van der Waals surface area contributed by atoms with Crippen LogP contribution in [0.5, 0.6) is 0 Å². The Labute approximate surface area is 96.6 Å². The van der Waals surface area contributed by atoms with Gasteiger partial charge in [-0.3, -0.25) is 9.58 Å². The van der Waals surface area contributed by atoms with Crippen molar-refractivity contribution in [3.63, 3.8) is 0 Å². The molecule has 1 aliphatic rings. The second kappa shape index (κ2) is 5.41. The molecule has 0 saturated carbocycles. The van der Waals surface area contributed by atoms with Gasteiger partial charge in [-0.15, -0.1) is 5.10 Å². The molecule has 2 heterocycles. The van der Waals surface area contributed by atoms with Gasteiger partial charge in [0.15, 0.2) is 0 Å². The minimum absolute atomic E-state index is 0.828. The maximum absolute atomic E-state index is 5.59. The topological polar surface area (TPSA) is 60.0 Å². The van der Waals surface area contributed by atoms with Crippen LogP contribution in [0.3, 0.4) is 0 Å². The van der Waals surface area contributed by atoms with Crippen molar-refractivity contribution in [3.8, 4) is 0 Å². The molecule has 1 aliphatic heterocycles. The number of likely N-dealkylation sites (tertiary alicyclic amines) is 1. The molecule has 0 aliphatic carbocycles. The maximum Gasteiger partial charge on any atom is 0.0966 e. The minimum Gasteiger partial charge on any atom is -0.330 e. The molecule has 0 spiro atoms. The lowest BCUT2D eigenvalue weighted by Gasteiger charge is -2.31. The normalized spacial score (nSPS) is 19.1.